The van der Waals surface area contributed by atoms with E-state index in [1.54, 1.807) is 25.1 Å². The van der Waals surface area contributed by atoms with Crippen LogP contribution in [-0.4, -0.2) is 35.0 Å². The van der Waals surface area contributed by atoms with Crippen LogP contribution in [0.15, 0.2) is 28.4 Å². The van der Waals surface area contributed by atoms with Gasteiger partial charge < -0.3 is 19.4 Å². The molecule has 0 radical (unpaired) electrons. The Balaban J connectivity index is 2.16. The van der Waals surface area contributed by atoms with E-state index >= 15 is 0 Å². The first-order chi connectivity index (χ1) is 9.61. The number of furan rings is 1. The first kappa shape index (κ1) is 14.8. The van der Waals surface area contributed by atoms with E-state index in [0.717, 1.165) is 0 Å². The van der Waals surface area contributed by atoms with E-state index in [1.165, 1.54) is 6.26 Å². The van der Waals surface area contributed by atoms with Gasteiger partial charge in [-0.1, -0.05) is 0 Å². The molecule has 2 unspecified atom stereocenters. The van der Waals surface area contributed by atoms with Crippen molar-refractivity contribution in [2.75, 3.05) is 6.61 Å². The summed E-state index contributed by atoms with van der Waals surface area (Å²) in [6, 6.07) is 3.47. The molecule has 20 heavy (non-hydrogen) atoms. The van der Waals surface area contributed by atoms with E-state index in [1.807, 2.05) is 0 Å². The Kier molecular flexibility index (Phi) is 4.98. The molecule has 110 valence electrons. The van der Waals surface area contributed by atoms with E-state index < -0.39 is 18.2 Å². The fourth-order valence-corrected chi connectivity index (χ4v) is 2.52. The lowest BCUT2D eigenvalue weighted by atomic mass is 9.94. The van der Waals surface area contributed by atoms with Crippen LogP contribution in [0.4, 0.5) is 0 Å². The highest BCUT2D eigenvalue weighted by molar-refractivity contribution is 5.93. The van der Waals surface area contributed by atoms with Crippen LogP contribution in [0.5, 0.6) is 0 Å². The lowest BCUT2D eigenvalue weighted by molar-refractivity contribution is -0.138. The van der Waals surface area contributed by atoms with Gasteiger partial charge in [-0.05, 0) is 44.4 Å². The second-order valence-electron chi connectivity index (χ2n) is 4.99. The van der Waals surface area contributed by atoms with Gasteiger partial charge in [-0.15, -0.1) is 0 Å². The molecular formula is C15H20O5. The van der Waals surface area contributed by atoms with Crippen LogP contribution >= 0.6 is 0 Å². The Hall–Kier alpha value is -1.59. The van der Waals surface area contributed by atoms with Crippen LogP contribution < -0.4 is 0 Å². The van der Waals surface area contributed by atoms with Crippen LogP contribution in [0.2, 0.25) is 0 Å². The maximum atomic E-state index is 12.0. The third kappa shape index (κ3) is 3.49. The van der Waals surface area contributed by atoms with Gasteiger partial charge in [0, 0.05) is 11.5 Å². The number of ether oxygens (including phenoxy) is 1. The van der Waals surface area contributed by atoms with E-state index in [0.29, 0.717) is 24.2 Å². The molecule has 1 aliphatic rings. The minimum Gasteiger partial charge on any atom is -0.465 e. The molecule has 2 N–H and O–H groups in total. The quantitative estimate of drug-likeness (QED) is 0.634. The molecule has 0 aliphatic heterocycles. The van der Waals surface area contributed by atoms with Crippen molar-refractivity contribution in [2.45, 2.75) is 38.4 Å². The molecule has 0 bridgehead atoms. The molecule has 0 spiro atoms. The van der Waals surface area contributed by atoms with Crippen molar-refractivity contribution >= 4 is 12.0 Å². The fraction of sp³-hybridized carbons (Fsp3) is 0.533. The second-order valence-corrected chi connectivity index (χ2v) is 4.99. The molecule has 0 aromatic carbocycles. The third-order valence-corrected chi connectivity index (χ3v) is 3.60. The molecule has 1 saturated carbocycles. The number of esters is 1. The minimum absolute atomic E-state index is 0.280. The van der Waals surface area contributed by atoms with Crippen molar-refractivity contribution in [1.82, 2.24) is 0 Å². The van der Waals surface area contributed by atoms with Gasteiger partial charge in [0.05, 0.1) is 25.1 Å². The Morgan fingerprint density at radius 3 is 2.70 bits per heavy atom. The van der Waals surface area contributed by atoms with Crippen molar-refractivity contribution in [1.29, 1.82) is 0 Å². The largest absolute Gasteiger partial charge is 0.465 e. The molecule has 1 aromatic rings. The molecule has 0 saturated heterocycles. The van der Waals surface area contributed by atoms with Gasteiger partial charge >= 0.3 is 5.97 Å². The van der Waals surface area contributed by atoms with E-state index in [-0.39, 0.29) is 18.9 Å². The van der Waals surface area contributed by atoms with Gasteiger partial charge in [-0.2, -0.15) is 0 Å². The molecule has 1 aromatic heterocycles. The van der Waals surface area contributed by atoms with Crippen molar-refractivity contribution in [3.05, 3.63) is 29.7 Å². The summed E-state index contributed by atoms with van der Waals surface area (Å²) in [5.74, 6) is -0.217. The van der Waals surface area contributed by atoms with Crippen molar-refractivity contribution in [2.24, 2.45) is 5.92 Å². The number of aliphatic hydroxyl groups excluding tert-OH is 2. The second kappa shape index (κ2) is 6.72. The summed E-state index contributed by atoms with van der Waals surface area (Å²) in [5, 5.41) is 19.8. The van der Waals surface area contributed by atoms with Gasteiger partial charge in [-0.25, -0.2) is 4.79 Å². The fourth-order valence-electron chi connectivity index (χ4n) is 2.52. The summed E-state index contributed by atoms with van der Waals surface area (Å²) >= 11 is 0. The number of carbonyl (C=O) groups is 1. The molecular weight excluding hydrogens is 260 g/mol. The predicted octanol–water partition coefficient (Wildman–Crippen LogP) is 1.75. The smallest absolute Gasteiger partial charge is 0.334 e. The molecule has 5 heteroatoms. The Bertz CT molecular complexity index is 453. The van der Waals surface area contributed by atoms with Crippen molar-refractivity contribution in [3.63, 3.8) is 0 Å². The Labute approximate surface area is 117 Å². The van der Waals surface area contributed by atoms with E-state index in [2.05, 4.69) is 0 Å². The lowest BCUT2D eigenvalue weighted by Crippen LogP contribution is -2.25. The monoisotopic (exact) mass is 280 g/mol. The highest BCUT2D eigenvalue weighted by Crippen LogP contribution is 2.32. The highest BCUT2D eigenvalue weighted by Gasteiger charge is 2.35. The standard InChI is InChI=1S/C15H20O5/c1-2-19-15(18)10(8-11-4-3-7-20-11)9-12-13(16)5-6-14(12)17/h3-4,7-8,12-14,16-17H,2,5-6,9H2,1H3/b10-8+. The molecule has 5 nitrogen and oxygen atoms in total. The molecule has 2 atom stereocenters. The number of hydrogen-bond donors (Lipinski definition) is 2. The van der Waals surface area contributed by atoms with Gasteiger partial charge in [-0.3, -0.25) is 0 Å². The van der Waals surface area contributed by atoms with Gasteiger partial charge in [0.2, 0.25) is 0 Å². The normalized spacial score (nSPS) is 26.8. The average Bonchev–Trinajstić information content (AvgIpc) is 3.03. The van der Waals surface area contributed by atoms with E-state index in [4.69, 9.17) is 9.15 Å². The number of carbonyl (C=O) groups excluding carboxylic acids is 1. The molecule has 1 fully saturated rings. The molecule has 1 aliphatic carbocycles. The van der Waals surface area contributed by atoms with Crippen LogP contribution in [-0.2, 0) is 9.53 Å². The van der Waals surface area contributed by atoms with Gasteiger partial charge in [0.15, 0.2) is 0 Å². The van der Waals surface area contributed by atoms with Gasteiger partial charge in [0.1, 0.15) is 5.76 Å². The lowest BCUT2D eigenvalue weighted by Gasteiger charge is -2.19. The van der Waals surface area contributed by atoms with Crippen LogP contribution in [0.3, 0.4) is 0 Å². The number of aliphatic hydroxyl groups is 2. The highest BCUT2D eigenvalue weighted by atomic mass is 16.5. The Morgan fingerprint density at radius 2 is 2.15 bits per heavy atom. The van der Waals surface area contributed by atoms with Crippen LogP contribution in [0.25, 0.3) is 6.08 Å². The number of hydrogen-bond acceptors (Lipinski definition) is 5. The maximum absolute atomic E-state index is 12.0. The summed E-state index contributed by atoms with van der Waals surface area (Å²) < 4.78 is 10.2. The first-order valence-electron chi connectivity index (χ1n) is 6.89. The van der Waals surface area contributed by atoms with E-state index in [9.17, 15) is 15.0 Å². The number of rotatable bonds is 5. The Morgan fingerprint density at radius 1 is 1.45 bits per heavy atom. The summed E-state index contributed by atoms with van der Waals surface area (Å²) in [6.45, 7) is 2.02. The van der Waals surface area contributed by atoms with Crippen molar-refractivity contribution in [3.8, 4) is 0 Å². The molecule has 2 rings (SSSR count). The molecule has 1 heterocycles. The predicted molar refractivity (Wildman–Crippen MR) is 72.7 cm³/mol. The average molecular weight is 280 g/mol. The van der Waals surface area contributed by atoms with Crippen molar-refractivity contribution < 1.29 is 24.2 Å². The topological polar surface area (TPSA) is 79.9 Å². The zero-order chi connectivity index (χ0) is 14.5. The summed E-state index contributed by atoms with van der Waals surface area (Å²) in [6.07, 6.45) is 3.36. The van der Waals surface area contributed by atoms with Crippen LogP contribution in [0.1, 0.15) is 31.9 Å². The third-order valence-electron chi connectivity index (χ3n) is 3.60. The first-order valence-corrected chi connectivity index (χ1v) is 6.89. The summed E-state index contributed by atoms with van der Waals surface area (Å²) in [5.41, 5.74) is 0.409. The zero-order valence-corrected chi connectivity index (χ0v) is 11.5. The summed E-state index contributed by atoms with van der Waals surface area (Å²) in [4.78, 5) is 12.0. The summed E-state index contributed by atoms with van der Waals surface area (Å²) in [7, 11) is 0. The van der Waals surface area contributed by atoms with Gasteiger partial charge in [0.25, 0.3) is 0 Å². The minimum atomic E-state index is -0.584. The van der Waals surface area contributed by atoms with Crippen LogP contribution in [0, 0.1) is 5.92 Å². The zero-order valence-electron chi connectivity index (χ0n) is 11.5. The SMILES string of the molecule is CCOC(=O)/C(=C/c1ccco1)CC1C(O)CCC1O. The molecule has 0 amide bonds. The maximum Gasteiger partial charge on any atom is 0.334 e.